The normalized spacial score (nSPS) is 22.9. The third-order valence-electron chi connectivity index (χ3n) is 3.60. The Labute approximate surface area is 234 Å². The number of aliphatic hydroxyl groups excluding tert-OH is 3. The Kier molecular flexibility index (Phi) is 13.6. The number of fused-ring (bicyclic) bond motifs is 1. The summed E-state index contributed by atoms with van der Waals surface area (Å²) in [5, 5.41) is 28.7. The summed E-state index contributed by atoms with van der Waals surface area (Å²) in [7, 11) is -16.2. The van der Waals surface area contributed by atoms with Crippen molar-refractivity contribution in [3.05, 3.63) is 12.7 Å². The first-order valence-corrected chi connectivity index (χ1v) is 12.5. The molecule has 0 saturated carbocycles. The van der Waals surface area contributed by atoms with Gasteiger partial charge in [-0.3, -0.25) is 4.57 Å². The summed E-state index contributed by atoms with van der Waals surface area (Å²) in [5.74, 6) is 0.218. The van der Waals surface area contributed by atoms with Gasteiger partial charge >= 0.3 is 82.6 Å². The molecule has 0 unspecified atom stereocenters. The molecule has 3 heterocycles. The average Bonchev–Trinajstić information content (AvgIpc) is 3.14. The Morgan fingerprint density at radius 3 is 1.94 bits per heavy atom. The molecular formula is C10H20N5Na2O14P3. The van der Waals surface area contributed by atoms with E-state index < -0.39 is 54.6 Å². The topological polar surface area (TPSA) is 310 Å². The Morgan fingerprint density at radius 1 is 0.971 bits per heavy atom. The van der Waals surface area contributed by atoms with Gasteiger partial charge in [0.1, 0.15) is 30.2 Å². The molecule has 0 radical (unpaired) electrons. The van der Waals surface area contributed by atoms with Crippen molar-refractivity contribution < 1.29 is 66.8 Å². The number of nitrogen functional groups attached to an aromatic ring is 1. The zero-order valence-electron chi connectivity index (χ0n) is 15.4. The van der Waals surface area contributed by atoms with Gasteiger partial charge in [-0.1, -0.05) is 0 Å². The second-order valence-corrected chi connectivity index (χ2v) is 10.1. The number of aromatic nitrogens is 4. The molecule has 1 aliphatic heterocycles. The summed E-state index contributed by atoms with van der Waals surface area (Å²) in [4.78, 5) is 52.1. The molecule has 186 valence electrons. The van der Waals surface area contributed by atoms with Gasteiger partial charge in [-0.15, -0.1) is 0 Å². The molecule has 0 aliphatic carbocycles. The predicted molar refractivity (Wildman–Crippen MR) is 113 cm³/mol. The van der Waals surface area contributed by atoms with E-state index in [4.69, 9.17) is 40.0 Å². The molecule has 0 aromatic carbocycles. The number of hydrogen-bond acceptors (Lipinski definition) is 13. The van der Waals surface area contributed by atoms with E-state index in [0.717, 1.165) is 0 Å². The summed E-state index contributed by atoms with van der Waals surface area (Å²) in [6, 6.07) is 0. The van der Waals surface area contributed by atoms with Crippen molar-refractivity contribution in [2.24, 2.45) is 0 Å². The molecule has 0 amide bonds. The van der Waals surface area contributed by atoms with Crippen molar-refractivity contribution in [1.82, 2.24) is 19.5 Å². The molecule has 2 aromatic rings. The minimum atomic E-state index is -5.46. The number of imidazole rings is 1. The van der Waals surface area contributed by atoms with E-state index >= 15 is 0 Å². The standard InChI is InChI=1S/C10H13N5O4.2Na.H5O10P3.2H/c11-8-5-9(13-2-12-8)15(3-14-5)10-7(18)6(17)4(1-16)19-10;;;1-11(2,3)9-13(7,8)10-12(4,5)6;;/h2-4,6-7,10,16-18H,1H2,(H2,11,12,13);;;(H,7,8)(H2,1,2,3)(H2,4,5,6);;/t4-,6-,7-,10-;;;;;/m1...../s1. The van der Waals surface area contributed by atoms with Gasteiger partial charge in [0, 0.05) is 0 Å². The van der Waals surface area contributed by atoms with E-state index in [-0.39, 0.29) is 64.9 Å². The molecule has 0 bridgehead atoms. The summed E-state index contributed by atoms with van der Waals surface area (Å²) >= 11 is 0. The molecule has 4 atom stereocenters. The fourth-order valence-electron chi connectivity index (χ4n) is 2.45. The van der Waals surface area contributed by atoms with Crippen LogP contribution >= 0.6 is 23.5 Å². The van der Waals surface area contributed by atoms with E-state index in [1.54, 1.807) is 0 Å². The van der Waals surface area contributed by atoms with Crippen LogP contribution in [0.25, 0.3) is 11.2 Å². The van der Waals surface area contributed by atoms with Gasteiger partial charge in [0.2, 0.25) is 0 Å². The number of phosphoric acid groups is 3. The Balaban J connectivity index is 0.000000651. The fourth-order valence-corrected chi connectivity index (χ4v) is 4.99. The molecule has 10 N–H and O–H groups in total. The number of ether oxygens (including phenoxy) is 1. The molecule has 1 aliphatic rings. The van der Waals surface area contributed by atoms with Gasteiger partial charge in [-0.2, -0.15) is 8.62 Å². The maximum absolute atomic E-state index is 10.4. The van der Waals surface area contributed by atoms with Gasteiger partial charge in [0.25, 0.3) is 0 Å². The Hall–Kier alpha value is 0.600. The third kappa shape index (κ3) is 9.81. The maximum atomic E-state index is 10.4. The monoisotopic (exact) mass is 573 g/mol. The second kappa shape index (κ2) is 13.4. The molecule has 19 nitrogen and oxygen atoms in total. The number of aliphatic hydroxyl groups is 3. The number of nitrogens with zero attached hydrogens (tertiary/aromatic N) is 4. The van der Waals surface area contributed by atoms with Crippen molar-refractivity contribution in [1.29, 1.82) is 0 Å². The molecule has 1 fully saturated rings. The molecule has 3 rings (SSSR count). The minimum absolute atomic E-state index is 0. The SMILES string of the molecule is Nc1ncnc2c1ncn2[C@@H]1O[C@H](CO)[C@@H](O)[C@H]1O.O=P(O)(O)OP(=O)(O)OP(=O)(O)O.[NaH].[NaH]. The molecule has 34 heavy (non-hydrogen) atoms. The summed E-state index contributed by atoms with van der Waals surface area (Å²) in [5.41, 5.74) is 6.44. The van der Waals surface area contributed by atoms with Crippen LogP contribution in [0.4, 0.5) is 5.82 Å². The van der Waals surface area contributed by atoms with E-state index in [9.17, 15) is 23.9 Å². The first kappa shape index (κ1) is 34.6. The molecule has 24 heteroatoms. The molecule has 2 aromatic heterocycles. The Bertz CT molecular complexity index is 1070. The van der Waals surface area contributed by atoms with Gasteiger partial charge in [-0.25, -0.2) is 28.6 Å². The zero-order chi connectivity index (χ0) is 24.5. The average molecular weight is 573 g/mol. The van der Waals surface area contributed by atoms with Crippen LogP contribution in [0.1, 0.15) is 6.23 Å². The number of anilines is 1. The van der Waals surface area contributed by atoms with Gasteiger partial charge < -0.3 is 50.3 Å². The Morgan fingerprint density at radius 2 is 1.50 bits per heavy atom. The predicted octanol–water partition coefficient (Wildman–Crippen LogP) is -3.97. The van der Waals surface area contributed by atoms with Gasteiger partial charge in [0.15, 0.2) is 17.7 Å². The van der Waals surface area contributed by atoms with Crippen molar-refractivity contribution in [3.63, 3.8) is 0 Å². The van der Waals surface area contributed by atoms with Crippen LogP contribution in [0.15, 0.2) is 12.7 Å². The quantitative estimate of drug-likeness (QED) is 0.117. The van der Waals surface area contributed by atoms with Crippen molar-refractivity contribution >= 4 is 99.6 Å². The van der Waals surface area contributed by atoms with Crippen LogP contribution in [-0.2, 0) is 27.1 Å². The molecule has 1 saturated heterocycles. The van der Waals surface area contributed by atoms with E-state index in [1.165, 1.54) is 17.2 Å². The van der Waals surface area contributed by atoms with E-state index in [1.807, 2.05) is 0 Å². The number of rotatable bonds is 6. The van der Waals surface area contributed by atoms with Crippen LogP contribution in [0.3, 0.4) is 0 Å². The summed E-state index contributed by atoms with van der Waals surface area (Å²) in [6.45, 7) is -0.390. The van der Waals surface area contributed by atoms with Crippen molar-refractivity contribution in [2.45, 2.75) is 24.5 Å². The van der Waals surface area contributed by atoms with Crippen LogP contribution < -0.4 is 5.73 Å². The second-order valence-electron chi connectivity index (χ2n) is 5.92. The fraction of sp³-hybridized carbons (Fsp3) is 0.500. The van der Waals surface area contributed by atoms with Crippen LogP contribution in [-0.4, -0.2) is 143 Å². The number of nitrogens with two attached hydrogens (primary N) is 1. The van der Waals surface area contributed by atoms with Crippen LogP contribution in [0.2, 0.25) is 0 Å². The number of hydrogen-bond donors (Lipinski definition) is 9. The molecule has 0 spiro atoms. The van der Waals surface area contributed by atoms with Crippen molar-refractivity contribution in [2.75, 3.05) is 12.3 Å². The summed E-state index contributed by atoms with van der Waals surface area (Å²) in [6.07, 6.45) is -1.42. The van der Waals surface area contributed by atoms with E-state index in [0.29, 0.717) is 11.2 Å². The van der Waals surface area contributed by atoms with Crippen LogP contribution in [0.5, 0.6) is 0 Å². The van der Waals surface area contributed by atoms with Crippen LogP contribution in [0, 0.1) is 0 Å². The van der Waals surface area contributed by atoms with Gasteiger partial charge in [-0.05, 0) is 0 Å². The van der Waals surface area contributed by atoms with E-state index in [2.05, 4.69) is 23.6 Å². The van der Waals surface area contributed by atoms with Gasteiger partial charge in [0.05, 0.1) is 12.9 Å². The zero-order valence-corrected chi connectivity index (χ0v) is 18.1. The summed E-state index contributed by atoms with van der Waals surface area (Å²) < 4.78 is 43.2. The van der Waals surface area contributed by atoms with Crippen molar-refractivity contribution in [3.8, 4) is 0 Å². The first-order valence-electron chi connectivity index (χ1n) is 7.96. The first-order chi connectivity index (χ1) is 14.5. The third-order valence-corrected chi connectivity index (χ3v) is 6.95. The molecular weight excluding hydrogens is 553 g/mol.